The maximum atomic E-state index is 12.7. The molecule has 1 fully saturated rings. The van der Waals surface area contributed by atoms with Gasteiger partial charge >= 0.3 is 0 Å². The van der Waals surface area contributed by atoms with Gasteiger partial charge in [-0.05, 0) is 31.9 Å². The summed E-state index contributed by atoms with van der Waals surface area (Å²) < 4.78 is 0. The first-order chi connectivity index (χ1) is 8.98. The van der Waals surface area contributed by atoms with E-state index in [0.29, 0.717) is 19.4 Å². The molecule has 5 heteroatoms. The van der Waals surface area contributed by atoms with Crippen molar-refractivity contribution in [1.82, 2.24) is 10.3 Å². The van der Waals surface area contributed by atoms with Crippen molar-refractivity contribution >= 4 is 17.5 Å². The molecule has 0 aromatic carbocycles. The van der Waals surface area contributed by atoms with Crippen LogP contribution in [0.2, 0.25) is 0 Å². The van der Waals surface area contributed by atoms with E-state index in [-0.39, 0.29) is 11.8 Å². The molecule has 2 amide bonds. The second kappa shape index (κ2) is 4.99. The van der Waals surface area contributed by atoms with Gasteiger partial charge in [0.2, 0.25) is 5.91 Å². The Balaban J connectivity index is 2.43. The van der Waals surface area contributed by atoms with E-state index in [2.05, 4.69) is 10.3 Å². The third-order valence-electron chi connectivity index (χ3n) is 3.70. The van der Waals surface area contributed by atoms with Crippen molar-refractivity contribution in [1.29, 1.82) is 0 Å². The highest BCUT2D eigenvalue weighted by molar-refractivity contribution is 6.04. The van der Waals surface area contributed by atoms with Gasteiger partial charge in [0.1, 0.15) is 5.54 Å². The number of hydrogen-bond acceptors (Lipinski definition) is 3. The number of pyridine rings is 1. The monoisotopic (exact) mass is 261 g/mol. The number of rotatable bonds is 2. The molecule has 0 aliphatic carbocycles. The summed E-state index contributed by atoms with van der Waals surface area (Å²) in [5.41, 5.74) is 0.926. The molecule has 1 aromatic heterocycles. The molecule has 2 rings (SSSR count). The SMILES string of the molecule is CCC1(C)NC(=O)CCN(c2cnccc2C)C1=O. The minimum atomic E-state index is -0.837. The smallest absolute Gasteiger partial charge is 0.252 e. The van der Waals surface area contributed by atoms with Gasteiger partial charge in [-0.25, -0.2) is 0 Å². The Morgan fingerprint density at radius 3 is 2.84 bits per heavy atom. The zero-order valence-electron chi connectivity index (χ0n) is 11.6. The highest BCUT2D eigenvalue weighted by Gasteiger charge is 2.39. The summed E-state index contributed by atoms with van der Waals surface area (Å²) in [7, 11) is 0. The Morgan fingerprint density at radius 1 is 1.47 bits per heavy atom. The Kier molecular flexibility index (Phi) is 3.55. The van der Waals surface area contributed by atoms with Crippen molar-refractivity contribution in [2.75, 3.05) is 11.4 Å². The van der Waals surface area contributed by atoms with Crippen molar-refractivity contribution in [3.63, 3.8) is 0 Å². The van der Waals surface area contributed by atoms with Crippen molar-refractivity contribution in [3.05, 3.63) is 24.0 Å². The number of nitrogens with zero attached hydrogens (tertiary/aromatic N) is 2. The van der Waals surface area contributed by atoms with Gasteiger partial charge in [0.25, 0.3) is 5.91 Å². The van der Waals surface area contributed by atoms with Gasteiger partial charge in [0.05, 0.1) is 11.9 Å². The number of aromatic nitrogens is 1. The van der Waals surface area contributed by atoms with E-state index in [1.807, 2.05) is 19.9 Å². The Morgan fingerprint density at radius 2 is 2.21 bits per heavy atom. The van der Waals surface area contributed by atoms with Gasteiger partial charge in [-0.1, -0.05) is 6.92 Å². The third kappa shape index (κ3) is 2.45. The first-order valence-electron chi connectivity index (χ1n) is 6.51. The molecular weight excluding hydrogens is 242 g/mol. The number of carbonyl (C=O) groups is 2. The molecule has 1 aliphatic heterocycles. The Labute approximate surface area is 113 Å². The maximum Gasteiger partial charge on any atom is 0.252 e. The van der Waals surface area contributed by atoms with E-state index in [0.717, 1.165) is 11.3 Å². The molecule has 102 valence electrons. The van der Waals surface area contributed by atoms with Crippen LogP contribution in [0.4, 0.5) is 5.69 Å². The molecule has 0 radical (unpaired) electrons. The lowest BCUT2D eigenvalue weighted by molar-refractivity contribution is -0.129. The van der Waals surface area contributed by atoms with Gasteiger partial charge in [-0.3, -0.25) is 14.6 Å². The van der Waals surface area contributed by atoms with Crippen LogP contribution in [0.3, 0.4) is 0 Å². The molecule has 1 atom stereocenters. The van der Waals surface area contributed by atoms with Crippen LogP contribution in [0.15, 0.2) is 18.5 Å². The van der Waals surface area contributed by atoms with Crippen molar-refractivity contribution < 1.29 is 9.59 Å². The van der Waals surface area contributed by atoms with Crippen LogP contribution in [0.5, 0.6) is 0 Å². The highest BCUT2D eigenvalue weighted by Crippen LogP contribution is 2.25. The number of nitrogens with one attached hydrogen (secondary N) is 1. The first-order valence-corrected chi connectivity index (χ1v) is 6.51. The van der Waals surface area contributed by atoms with E-state index < -0.39 is 5.54 Å². The molecule has 1 N–H and O–H groups in total. The number of anilines is 1. The van der Waals surface area contributed by atoms with E-state index in [1.54, 1.807) is 24.2 Å². The average Bonchev–Trinajstić information content (AvgIpc) is 2.50. The average molecular weight is 261 g/mol. The lowest BCUT2D eigenvalue weighted by atomic mass is 9.97. The van der Waals surface area contributed by atoms with Gasteiger partial charge in [-0.15, -0.1) is 0 Å². The quantitative estimate of drug-likeness (QED) is 0.875. The number of carbonyl (C=O) groups excluding carboxylic acids is 2. The zero-order chi connectivity index (χ0) is 14.0. The van der Waals surface area contributed by atoms with Gasteiger partial charge in [0.15, 0.2) is 0 Å². The Bertz CT molecular complexity index is 515. The fourth-order valence-corrected chi connectivity index (χ4v) is 2.24. The van der Waals surface area contributed by atoms with Crippen LogP contribution >= 0.6 is 0 Å². The molecule has 0 bridgehead atoms. The van der Waals surface area contributed by atoms with Gasteiger partial charge in [0, 0.05) is 19.2 Å². The lowest BCUT2D eigenvalue weighted by Gasteiger charge is -2.31. The second-order valence-electron chi connectivity index (χ2n) is 5.10. The molecule has 19 heavy (non-hydrogen) atoms. The third-order valence-corrected chi connectivity index (χ3v) is 3.70. The van der Waals surface area contributed by atoms with Gasteiger partial charge < -0.3 is 10.2 Å². The molecule has 5 nitrogen and oxygen atoms in total. The van der Waals surface area contributed by atoms with Crippen LogP contribution in [0.25, 0.3) is 0 Å². The molecule has 2 heterocycles. The van der Waals surface area contributed by atoms with E-state index in [4.69, 9.17) is 0 Å². The van der Waals surface area contributed by atoms with Crippen molar-refractivity contribution in [3.8, 4) is 0 Å². The molecular formula is C14H19N3O2. The summed E-state index contributed by atoms with van der Waals surface area (Å²) in [6.45, 7) is 6.01. The summed E-state index contributed by atoms with van der Waals surface area (Å²) >= 11 is 0. The van der Waals surface area contributed by atoms with Crippen LogP contribution in [-0.2, 0) is 9.59 Å². The normalized spacial score (nSPS) is 24.1. The van der Waals surface area contributed by atoms with Crippen LogP contribution in [0.1, 0.15) is 32.3 Å². The number of amides is 2. The van der Waals surface area contributed by atoms with E-state index >= 15 is 0 Å². The summed E-state index contributed by atoms with van der Waals surface area (Å²) in [5.74, 6) is -0.154. The largest absolute Gasteiger partial charge is 0.342 e. The molecule has 1 saturated heterocycles. The maximum absolute atomic E-state index is 12.7. The number of aryl methyl sites for hydroxylation is 1. The predicted octanol–water partition coefficient (Wildman–Crippen LogP) is 1.41. The fraction of sp³-hybridized carbons (Fsp3) is 0.500. The minimum Gasteiger partial charge on any atom is -0.342 e. The van der Waals surface area contributed by atoms with E-state index in [1.165, 1.54) is 0 Å². The van der Waals surface area contributed by atoms with Gasteiger partial charge in [-0.2, -0.15) is 0 Å². The van der Waals surface area contributed by atoms with Crippen molar-refractivity contribution in [2.24, 2.45) is 0 Å². The van der Waals surface area contributed by atoms with E-state index in [9.17, 15) is 9.59 Å². The first kappa shape index (κ1) is 13.5. The summed E-state index contributed by atoms with van der Waals surface area (Å²) in [6, 6.07) is 1.87. The lowest BCUT2D eigenvalue weighted by Crippen LogP contribution is -2.54. The fourth-order valence-electron chi connectivity index (χ4n) is 2.24. The topological polar surface area (TPSA) is 62.3 Å². The standard InChI is InChI=1S/C14H19N3O2/c1-4-14(3)13(19)17(8-6-12(18)16-14)11-9-15-7-5-10(11)2/h5,7,9H,4,6,8H2,1-3H3,(H,16,18). The summed E-state index contributed by atoms with van der Waals surface area (Å²) in [6.07, 6.45) is 4.26. The second-order valence-corrected chi connectivity index (χ2v) is 5.10. The zero-order valence-corrected chi connectivity index (χ0v) is 11.6. The highest BCUT2D eigenvalue weighted by atomic mass is 16.2. The molecule has 1 aromatic rings. The number of hydrogen-bond donors (Lipinski definition) is 1. The van der Waals surface area contributed by atoms with Crippen LogP contribution < -0.4 is 10.2 Å². The minimum absolute atomic E-state index is 0.0723. The molecule has 1 unspecified atom stereocenters. The molecule has 0 spiro atoms. The Hall–Kier alpha value is -1.91. The molecule has 0 saturated carbocycles. The van der Waals surface area contributed by atoms with Crippen LogP contribution in [0, 0.1) is 6.92 Å². The van der Waals surface area contributed by atoms with Crippen LogP contribution in [-0.4, -0.2) is 28.9 Å². The summed E-state index contributed by atoms with van der Waals surface area (Å²) in [4.78, 5) is 30.2. The molecule has 1 aliphatic rings. The summed E-state index contributed by atoms with van der Waals surface area (Å²) in [5, 5.41) is 2.82. The van der Waals surface area contributed by atoms with Crippen molar-refractivity contribution in [2.45, 2.75) is 39.2 Å². The predicted molar refractivity (Wildman–Crippen MR) is 72.8 cm³/mol.